The van der Waals surface area contributed by atoms with E-state index in [0.29, 0.717) is 12.2 Å². The lowest BCUT2D eigenvalue weighted by Gasteiger charge is -2.12. The van der Waals surface area contributed by atoms with Gasteiger partial charge in [0.25, 0.3) is 0 Å². The summed E-state index contributed by atoms with van der Waals surface area (Å²) in [7, 11) is 1.42. The first-order valence-corrected chi connectivity index (χ1v) is 9.90. The molecule has 0 aliphatic carbocycles. The van der Waals surface area contributed by atoms with E-state index in [2.05, 4.69) is 17.5 Å². The molecule has 0 aliphatic heterocycles. The third-order valence-electron chi connectivity index (χ3n) is 4.33. The maximum absolute atomic E-state index is 12.0. The van der Waals surface area contributed by atoms with E-state index in [9.17, 15) is 14.9 Å². The van der Waals surface area contributed by atoms with Crippen LogP contribution in [0.2, 0.25) is 0 Å². The van der Waals surface area contributed by atoms with Crippen LogP contribution in [-0.4, -0.2) is 30.8 Å². The number of amides is 1. The summed E-state index contributed by atoms with van der Waals surface area (Å²) in [5.41, 5.74) is 3.49. The molecule has 2 aromatic rings. The van der Waals surface area contributed by atoms with Gasteiger partial charge in [0.05, 0.1) is 31.3 Å². The quantitative estimate of drug-likeness (QED) is 0.242. The Morgan fingerprint density at radius 2 is 1.97 bits per heavy atom. The number of unbranched alkanes of at least 4 members (excludes halogenated alkanes) is 3. The number of ether oxygens (including phenoxy) is 2. The first-order chi connectivity index (χ1) is 14.5. The van der Waals surface area contributed by atoms with Crippen molar-refractivity contribution < 1.29 is 19.2 Å². The second-order valence-corrected chi connectivity index (χ2v) is 6.69. The summed E-state index contributed by atoms with van der Waals surface area (Å²) >= 11 is 0. The number of methoxy groups -OCH3 is 1. The molecule has 0 heterocycles. The second-order valence-electron chi connectivity index (χ2n) is 6.69. The fraction of sp³-hybridized carbons (Fsp3) is 0.364. The summed E-state index contributed by atoms with van der Waals surface area (Å²) in [4.78, 5) is 23.0. The van der Waals surface area contributed by atoms with Gasteiger partial charge in [0.1, 0.15) is 0 Å². The molecule has 0 bridgehead atoms. The number of benzene rings is 2. The van der Waals surface area contributed by atoms with Crippen molar-refractivity contribution in [1.82, 2.24) is 5.43 Å². The number of nitrogens with zero attached hydrogens (tertiary/aromatic N) is 2. The third-order valence-corrected chi connectivity index (χ3v) is 4.33. The van der Waals surface area contributed by atoms with E-state index < -0.39 is 4.92 Å². The smallest absolute Gasteiger partial charge is 0.315 e. The fourth-order valence-corrected chi connectivity index (χ4v) is 2.82. The van der Waals surface area contributed by atoms with Gasteiger partial charge in [-0.15, -0.1) is 0 Å². The monoisotopic (exact) mass is 413 g/mol. The molecular formula is C22H27N3O5. The maximum Gasteiger partial charge on any atom is 0.315 e. The van der Waals surface area contributed by atoms with Gasteiger partial charge in [-0.05, 0) is 18.1 Å². The molecule has 2 aromatic carbocycles. The van der Waals surface area contributed by atoms with Gasteiger partial charge in [0.15, 0.2) is 5.75 Å². The van der Waals surface area contributed by atoms with Crippen molar-refractivity contribution in [3.8, 4) is 11.5 Å². The first-order valence-electron chi connectivity index (χ1n) is 9.90. The third kappa shape index (κ3) is 7.20. The number of nitro benzene ring substituents is 1. The minimum absolute atomic E-state index is 0.101. The Hall–Kier alpha value is -3.42. The zero-order valence-corrected chi connectivity index (χ0v) is 17.3. The zero-order valence-electron chi connectivity index (χ0n) is 17.3. The van der Waals surface area contributed by atoms with Gasteiger partial charge in [-0.2, -0.15) is 5.10 Å². The number of carbonyl (C=O) groups is 1. The number of hydrogen-bond acceptors (Lipinski definition) is 6. The van der Waals surface area contributed by atoms with Crippen LogP contribution >= 0.6 is 0 Å². The van der Waals surface area contributed by atoms with E-state index in [4.69, 9.17) is 9.47 Å². The molecule has 0 fully saturated rings. The number of hydrazone groups is 1. The summed E-state index contributed by atoms with van der Waals surface area (Å²) in [6, 6.07) is 12.2. The topological polar surface area (TPSA) is 103 Å². The molecule has 1 N–H and O–H groups in total. The van der Waals surface area contributed by atoms with Crippen molar-refractivity contribution in [2.24, 2.45) is 5.10 Å². The Bertz CT molecular complexity index is 869. The van der Waals surface area contributed by atoms with Crippen LogP contribution in [0.3, 0.4) is 0 Å². The zero-order chi connectivity index (χ0) is 21.8. The summed E-state index contributed by atoms with van der Waals surface area (Å²) in [6.45, 7) is 2.49. The number of nitro groups is 1. The van der Waals surface area contributed by atoms with Crippen LogP contribution in [0.4, 0.5) is 5.69 Å². The van der Waals surface area contributed by atoms with Gasteiger partial charge in [-0.3, -0.25) is 14.9 Å². The van der Waals surface area contributed by atoms with E-state index >= 15 is 0 Å². The summed E-state index contributed by atoms with van der Waals surface area (Å²) in [5.74, 6) is 0.0620. The van der Waals surface area contributed by atoms with Crippen LogP contribution in [0.5, 0.6) is 11.5 Å². The summed E-state index contributed by atoms with van der Waals surface area (Å²) in [6.07, 6.45) is 5.52. The van der Waals surface area contributed by atoms with E-state index in [-0.39, 0.29) is 29.5 Å². The predicted octanol–water partition coefficient (Wildman–Crippen LogP) is 4.26. The molecule has 0 saturated carbocycles. The molecule has 0 unspecified atom stereocenters. The van der Waals surface area contributed by atoms with Gasteiger partial charge in [-0.1, -0.05) is 56.5 Å². The highest BCUT2D eigenvalue weighted by Crippen LogP contribution is 2.38. The molecule has 0 saturated heterocycles. The molecule has 0 radical (unpaired) electrons. The number of rotatable bonds is 12. The van der Waals surface area contributed by atoms with Crippen LogP contribution in [0.25, 0.3) is 0 Å². The lowest BCUT2D eigenvalue weighted by atomic mass is 10.1. The molecule has 2 rings (SSSR count). The van der Waals surface area contributed by atoms with Crippen molar-refractivity contribution in [3.05, 3.63) is 63.7 Å². The van der Waals surface area contributed by atoms with Crippen molar-refractivity contribution in [1.29, 1.82) is 0 Å². The summed E-state index contributed by atoms with van der Waals surface area (Å²) in [5, 5.41) is 15.4. The Morgan fingerprint density at radius 3 is 2.63 bits per heavy atom. The van der Waals surface area contributed by atoms with E-state index in [1.165, 1.54) is 19.4 Å². The molecule has 160 valence electrons. The molecule has 0 aromatic heterocycles. The van der Waals surface area contributed by atoms with Gasteiger partial charge < -0.3 is 9.47 Å². The van der Waals surface area contributed by atoms with Crippen molar-refractivity contribution in [2.45, 2.75) is 39.0 Å². The Morgan fingerprint density at radius 1 is 1.20 bits per heavy atom. The SMILES string of the molecule is CCCCCCOc1c(OC)cc(/C=N\NC(=O)Cc2ccccc2)cc1[N+](=O)[O-]. The molecule has 0 spiro atoms. The van der Waals surface area contributed by atoms with Crippen LogP contribution < -0.4 is 14.9 Å². The van der Waals surface area contributed by atoms with Crippen molar-refractivity contribution in [2.75, 3.05) is 13.7 Å². The molecular weight excluding hydrogens is 386 g/mol. The predicted molar refractivity (Wildman–Crippen MR) is 115 cm³/mol. The minimum atomic E-state index is -0.519. The first kappa shape index (κ1) is 22.9. The highest BCUT2D eigenvalue weighted by Gasteiger charge is 2.22. The largest absolute Gasteiger partial charge is 0.493 e. The van der Waals surface area contributed by atoms with Gasteiger partial charge >= 0.3 is 5.69 Å². The van der Waals surface area contributed by atoms with E-state index in [1.54, 1.807) is 6.07 Å². The van der Waals surface area contributed by atoms with Crippen LogP contribution in [0.1, 0.15) is 43.7 Å². The van der Waals surface area contributed by atoms with Crippen molar-refractivity contribution >= 4 is 17.8 Å². The second kappa shape index (κ2) is 12.2. The standard InChI is InChI=1S/C22H27N3O5/c1-3-4-5-9-12-30-22-19(25(27)28)13-18(14-20(22)29-2)16-23-24-21(26)15-17-10-7-6-8-11-17/h6-8,10-11,13-14,16H,3-5,9,12,15H2,1-2H3,(H,24,26)/b23-16-. The molecule has 8 heteroatoms. The summed E-state index contributed by atoms with van der Waals surface area (Å²) < 4.78 is 10.9. The lowest BCUT2D eigenvalue weighted by Crippen LogP contribution is -2.19. The van der Waals surface area contributed by atoms with Gasteiger partial charge in [0, 0.05) is 11.6 Å². The Kier molecular flexibility index (Phi) is 9.30. The van der Waals surface area contributed by atoms with Crippen molar-refractivity contribution in [3.63, 3.8) is 0 Å². The molecule has 1 amide bonds. The van der Waals surface area contributed by atoms with Gasteiger partial charge in [0.2, 0.25) is 11.7 Å². The van der Waals surface area contributed by atoms with E-state index in [1.807, 2.05) is 30.3 Å². The lowest BCUT2D eigenvalue weighted by molar-refractivity contribution is -0.386. The van der Waals surface area contributed by atoms with E-state index in [0.717, 1.165) is 31.2 Å². The Balaban J connectivity index is 2.06. The molecule has 0 atom stereocenters. The van der Waals surface area contributed by atoms with Crippen LogP contribution in [0.15, 0.2) is 47.6 Å². The van der Waals surface area contributed by atoms with Gasteiger partial charge in [-0.25, -0.2) is 5.43 Å². The minimum Gasteiger partial charge on any atom is -0.493 e. The average Bonchev–Trinajstić information content (AvgIpc) is 2.74. The average molecular weight is 413 g/mol. The Labute approximate surface area is 176 Å². The highest BCUT2D eigenvalue weighted by atomic mass is 16.6. The molecule has 30 heavy (non-hydrogen) atoms. The fourth-order valence-electron chi connectivity index (χ4n) is 2.82. The normalized spacial score (nSPS) is 10.7. The molecule has 0 aliphatic rings. The molecule has 8 nitrogen and oxygen atoms in total. The highest BCUT2D eigenvalue weighted by molar-refractivity contribution is 5.85. The number of hydrogen-bond donors (Lipinski definition) is 1. The number of carbonyl (C=O) groups excluding carboxylic acids is 1. The number of nitrogens with one attached hydrogen (secondary N) is 1. The maximum atomic E-state index is 12.0. The van der Waals surface area contributed by atoms with Crippen LogP contribution in [-0.2, 0) is 11.2 Å². The van der Waals surface area contributed by atoms with Crippen LogP contribution in [0, 0.1) is 10.1 Å².